The lowest BCUT2D eigenvalue weighted by molar-refractivity contribution is -0.121. The Morgan fingerprint density at radius 3 is 2.63 bits per heavy atom. The summed E-state index contributed by atoms with van der Waals surface area (Å²) in [6, 6.07) is 14.2. The van der Waals surface area contributed by atoms with Crippen molar-refractivity contribution in [3.8, 4) is 0 Å². The number of rotatable bonds is 6. The Bertz CT molecular complexity index is 1480. The van der Waals surface area contributed by atoms with Gasteiger partial charge in [-0.05, 0) is 66.9 Å². The average molecular weight is 547 g/mol. The number of carbonyl (C=O) groups is 1. The molecule has 0 bridgehead atoms. The number of sulfonamides is 1. The molecule has 11 heteroatoms. The van der Waals surface area contributed by atoms with Gasteiger partial charge in [0, 0.05) is 29.0 Å². The van der Waals surface area contributed by atoms with E-state index in [1.165, 1.54) is 39.9 Å². The van der Waals surface area contributed by atoms with Crippen molar-refractivity contribution in [3.05, 3.63) is 82.6 Å². The van der Waals surface area contributed by atoms with Crippen LogP contribution in [0.15, 0.2) is 71.9 Å². The third-order valence-electron chi connectivity index (χ3n) is 5.81. The zero-order chi connectivity index (χ0) is 24.6. The summed E-state index contributed by atoms with van der Waals surface area (Å²) in [6.45, 7) is 0.475. The van der Waals surface area contributed by atoms with Crippen molar-refractivity contribution in [2.45, 2.75) is 30.3 Å². The number of halogens is 2. The fourth-order valence-electron chi connectivity index (χ4n) is 4.11. The van der Waals surface area contributed by atoms with E-state index in [1.807, 2.05) is 6.07 Å². The summed E-state index contributed by atoms with van der Waals surface area (Å²) in [6.07, 6.45) is 4.35. The summed E-state index contributed by atoms with van der Waals surface area (Å²) < 4.78 is 29.0. The third-order valence-corrected chi connectivity index (χ3v) is 9.26. The summed E-state index contributed by atoms with van der Waals surface area (Å²) in [5, 5.41) is 1.50. The summed E-state index contributed by atoms with van der Waals surface area (Å²) >= 11 is 13.4. The number of nitrogens with zero attached hydrogens (tertiary/aromatic N) is 4. The fourth-order valence-corrected chi connectivity index (χ4v) is 7.14. The highest BCUT2D eigenvalue weighted by atomic mass is 35.5. The van der Waals surface area contributed by atoms with Crippen LogP contribution in [0.1, 0.15) is 18.4 Å². The summed E-state index contributed by atoms with van der Waals surface area (Å²) in [5.41, 5.74) is 1.53. The van der Waals surface area contributed by atoms with Gasteiger partial charge < -0.3 is 0 Å². The first-order valence-electron chi connectivity index (χ1n) is 10.9. The van der Waals surface area contributed by atoms with Gasteiger partial charge in [0.15, 0.2) is 5.13 Å². The van der Waals surface area contributed by atoms with Gasteiger partial charge in [-0.2, -0.15) is 4.31 Å². The fraction of sp³-hybridized carbons (Fsp3) is 0.208. The third kappa shape index (κ3) is 4.92. The molecule has 1 unspecified atom stereocenters. The molecule has 1 aliphatic rings. The van der Waals surface area contributed by atoms with Crippen molar-refractivity contribution in [1.29, 1.82) is 0 Å². The molecule has 0 spiro atoms. The van der Waals surface area contributed by atoms with E-state index >= 15 is 0 Å². The minimum atomic E-state index is -3.89. The van der Waals surface area contributed by atoms with E-state index in [1.54, 1.807) is 41.6 Å². The van der Waals surface area contributed by atoms with Gasteiger partial charge in [-0.25, -0.2) is 13.4 Å². The number of hydrogen-bond donors (Lipinski definition) is 0. The van der Waals surface area contributed by atoms with Gasteiger partial charge in [0.1, 0.15) is 6.04 Å². The van der Waals surface area contributed by atoms with Crippen LogP contribution in [0.4, 0.5) is 5.13 Å². The number of fused-ring (bicyclic) bond motifs is 1. The molecule has 7 nitrogen and oxygen atoms in total. The number of thiazole rings is 1. The average Bonchev–Trinajstić information content (AvgIpc) is 3.50. The van der Waals surface area contributed by atoms with E-state index in [4.69, 9.17) is 23.2 Å². The first-order chi connectivity index (χ1) is 16.8. The highest BCUT2D eigenvalue weighted by Crippen LogP contribution is 2.34. The minimum absolute atomic E-state index is 0.107. The van der Waals surface area contributed by atoms with Crippen molar-refractivity contribution in [2.24, 2.45) is 0 Å². The molecule has 35 heavy (non-hydrogen) atoms. The molecule has 1 fully saturated rings. The molecule has 1 aliphatic heterocycles. The lowest BCUT2D eigenvalue weighted by Gasteiger charge is -2.28. The topological polar surface area (TPSA) is 83.5 Å². The van der Waals surface area contributed by atoms with Gasteiger partial charge in [0.2, 0.25) is 15.9 Å². The molecule has 0 aliphatic carbocycles. The number of carbonyl (C=O) groups excluding carboxylic acids is 1. The Hall–Kier alpha value is -2.56. The van der Waals surface area contributed by atoms with Gasteiger partial charge in [-0.3, -0.25) is 14.7 Å². The van der Waals surface area contributed by atoms with Crippen LogP contribution in [0.2, 0.25) is 10.0 Å². The standard InChI is InChI=1S/C24H20Cl2N4O3S2/c25-17-5-8-19(9-6-17)35(32,33)30-12-2-4-21(30)23(31)29(15-16-3-1-11-27-14-16)24-28-20-10-7-18(26)13-22(20)34-24/h1,3,5-11,13-14,21H,2,4,12,15H2. The van der Waals surface area contributed by atoms with Gasteiger partial charge in [0.05, 0.1) is 21.7 Å². The molecule has 3 heterocycles. The van der Waals surface area contributed by atoms with Crippen molar-refractivity contribution in [3.63, 3.8) is 0 Å². The quantitative estimate of drug-likeness (QED) is 0.324. The lowest BCUT2D eigenvalue weighted by atomic mass is 10.2. The maximum atomic E-state index is 14.0. The smallest absolute Gasteiger partial charge is 0.247 e. The van der Waals surface area contributed by atoms with Gasteiger partial charge >= 0.3 is 0 Å². The molecular formula is C24H20Cl2N4O3S2. The van der Waals surface area contributed by atoms with Crippen LogP contribution in [0.5, 0.6) is 0 Å². The van der Waals surface area contributed by atoms with Gasteiger partial charge in [0.25, 0.3) is 0 Å². The molecule has 180 valence electrons. The predicted molar refractivity (Wildman–Crippen MR) is 138 cm³/mol. The zero-order valence-electron chi connectivity index (χ0n) is 18.3. The number of hydrogen-bond acceptors (Lipinski definition) is 6. The van der Waals surface area contributed by atoms with E-state index < -0.39 is 16.1 Å². The SMILES string of the molecule is O=C(C1CCCN1S(=O)(=O)c1ccc(Cl)cc1)N(Cc1cccnc1)c1nc2ccc(Cl)cc2s1. The maximum Gasteiger partial charge on any atom is 0.247 e. The number of anilines is 1. The first-order valence-corrected chi connectivity index (χ1v) is 13.9. The minimum Gasteiger partial charge on any atom is -0.282 e. The van der Waals surface area contributed by atoms with E-state index in [0.29, 0.717) is 28.0 Å². The Morgan fingerprint density at radius 2 is 1.89 bits per heavy atom. The van der Waals surface area contributed by atoms with Crippen LogP contribution in [0.25, 0.3) is 10.2 Å². The van der Waals surface area contributed by atoms with Crippen LogP contribution in [0.3, 0.4) is 0 Å². The predicted octanol–water partition coefficient (Wildman–Crippen LogP) is 5.38. The Labute approximate surface area is 217 Å². The molecule has 1 atom stereocenters. The normalized spacial score (nSPS) is 16.6. The zero-order valence-corrected chi connectivity index (χ0v) is 21.5. The number of pyridine rings is 1. The molecule has 0 saturated carbocycles. The van der Waals surface area contributed by atoms with Crippen LogP contribution in [0, 0.1) is 0 Å². The summed E-state index contributed by atoms with van der Waals surface area (Å²) in [7, 11) is -3.89. The van der Waals surface area contributed by atoms with Crippen LogP contribution in [-0.2, 0) is 21.4 Å². The molecule has 1 amide bonds. The number of amides is 1. The first kappa shape index (κ1) is 24.1. The molecule has 5 rings (SSSR count). The molecular weight excluding hydrogens is 527 g/mol. The van der Waals surface area contributed by atoms with Crippen molar-refractivity contribution in [1.82, 2.24) is 14.3 Å². The van der Waals surface area contributed by atoms with Crippen LogP contribution >= 0.6 is 34.5 Å². The van der Waals surface area contributed by atoms with Crippen LogP contribution in [-0.4, -0.2) is 41.2 Å². The number of aromatic nitrogens is 2. The molecule has 2 aromatic heterocycles. The van der Waals surface area contributed by atoms with Gasteiger partial charge in [-0.15, -0.1) is 0 Å². The van der Waals surface area contributed by atoms with E-state index in [-0.39, 0.29) is 23.9 Å². The highest BCUT2D eigenvalue weighted by Gasteiger charge is 2.42. The maximum absolute atomic E-state index is 14.0. The van der Waals surface area contributed by atoms with Crippen LogP contribution < -0.4 is 4.90 Å². The second kappa shape index (κ2) is 9.83. The Kier molecular flexibility index (Phi) is 6.78. The summed E-state index contributed by atoms with van der Waals surface area (Å²) in [5.74, 6) is -0.325. The molecule has 0 radical (unpaired) electrons. The van der Waals surface area contributed by atoms with E-state index in [0.717, 1.165) is 15.8 Å². The monoisotopic (exact) mass is 546 g/mol. The molecule has 2 aromatic carbocycles. The van der Waals surface area contributed by atoms with Crippen molar-refractivity contribution < 1.29 is 13.2 Å². The van der Waals surface area contributed by atoms with Crippen molar-refractivity contribution in [2.75, 3.05) is 11.4 Å². The highest BCUT2D eigenvalue weighted by molar-refractivity contribution is 7.89. The summed E-state index contributed by atoms with van der Waals surface area (Å²) in [4.78, 5) is 24.4. The Balaban J connectivity index is 1.52. The molecule has 4 aromatic rings. The van der Waals surface area contributed by atoms with Crippen molar-refractivity contribution >= 4 is 65.8 Å². The lowest BCUT2D eigenvalue weighted by Crippen LogP contribution is -2.47. The second-order valence-corrected chi connectivity index (χ2v) is 11.9. The number of benzene rings is 2. The second-order valence-electron chi connectivity index (χ2n) is 8.12. The van der Waals surface area contributed by atoms with Gasteiger partial charge in [-0.1, -0.05) is 40.6 Å². The molecule has 0 N–H and O–H groups in total. The largest absolute Gasteiger partial charge is 0.282 e. The van der Waals surface area contributed by atoms with E-state index in [2.05, 4.69) is 9.97 Å². The Morgan fingerprint density at radius 1 is 1.11 bits per heavy atom. The van der Waals surface area contributed by atoms with E-state index in [9.17, 15) is 13.2 Å². The molecule has 1 saturated heterocycles.